The molecule has 0 bridgehead atoms. The zero-order chi connectivity index (χ0) is 20.0. The number of nitrogens with zero attached hydrogens (tertiary/aromatic N) is 1. The molecule has 1 amide bonds. The van der Waals surface area contributed by atoms with Crippen molar-refractivity contribution in [2.24, 2.45) is 0 Å². The van der Waals surface area contributed by atoms with Crippen LogP contribution in [0.2, 0.25) is 0 Å². The van der Waals surface area contributed by atoms with E-state index in [0.717, 1.165) is 11.8 Å². The summed E-state index contributed by atoms with van der Waals surface area (Å²) in [7, 11) is -0.558. The Morgan fingerprint density at radius 3 is 2.22 bits per heavy atom. The van der Waals surface area contributed by atoms with Crippen LogP contribution in [-0.4, -0.2) is 47.9 Å². The summed E-state index contributed by atoms with van der Waals surface area (Å²) in [5.74, 6) is 0.672. The van der Waals surface area contributed by atoms with E-state index in [1.54, 1.807) is 30.3 Å². The molecule has 2 rings (SSSR count). The molecule has 0 unspecified atom stereocenters. The minimum absolute atomic E-state index is 0.0892. The molecular formula is C19H24N2O5S. The Balaban J connectivity index is 2.12. The molecule has 0 saturated heterocycles. The fraction of sp³-hybridized carbons (Fsp3) is 0.316. The second kappa shape index (κ2) is 8.77. The molecule has 1 N–H and O–H groups in total. The molecule has 0 spiro atoms. The highest BCUT2D eigenvalue weighted by molar-refractivity contribution is 7.92. The Morgan fingerprint density at radius 1 is 1.04 bits per heavy atom. The van der Waals surface area contributed by atoms with E-state index in [-0.39, 0.29) is 19.0 Å². The van der Waals surface area contributed by atoms with Crippen LogP contribution < -0.4 is 19.1 Å². The molecule has 0 saturated carbocycles. The molecule has 2 aromatic carbocycles. The minimum atomic E-state index is -3.55. The summed E-state index contributed by atoms with van der Waals surface area (Å²) in [6.45, 7) is 2.19. The lowest BCUT2D eigenvalue weighted by Crippen LogP contribution is -2.38. The Hall–Kier alpha value is -2.74. The highest BCUT2D eigenvalue weighted by Crippen LogP contribution is 2.32. The first-order valence-corrected chi connectivity index (χ1v) is 10.2. The van der Waals surface area contributed by atoms with Crippen LogP contribution in [-0.2, 0) is 10.0 Å². The van der Waals surface area contributed by atoms with Crippen molar-refractivity contribution in [1.82, 2.24) is 5.32 Å². The van der Waals surface area contributed by atoms with Gasteiger partial charge in [-0.2, -0.15) is 0 Å². The predicted octanol–water partition coefficient (Wildman–Crippen LogP) is 2.21. The Bertz CT molecular complexity index is 895. The summed E-state index contributed by atoms with van der Waals surface area (Å²) in [6, 6.07) is 12.0. The van der Waals surface area contributed by atoms with E-state index in [1.807, 2.05) is 19.1 Å². The van der Waals surface area contributed by atoms with E-state index in [4.69, 9.17) is 9.47 Å². The van der Waals surface area contributed by atoms with Crippen LogP contribution in [0, 0.1) is 6.92 Å². The third-order valence-corrected chi connectivity index (χ3v) is 5.16. The van der Waals surface area contributed by atoms with Crippen LogP contribution in [0.1, 0.15) is 15.9 Å². The van der Waals surface area contributed by atoms with Crippen LogP contribution in [0.3, 0.4) is 0 Å². The summed E-state index contributed by atoms with van der Waals surface area (Å²) in [4.78, 5) is 12.2. The van der Waals surface area contributed by atoms with Gasteiger partial charge >= 0.3 is 0 Å². The number of carbonyl (C=O) groups is 1. The smallest absolute Gasteiger partial charge is 0.251 e. The van der Waals surface area contributed by atoms with E-state index < -0.39 is 10.0 Å². The summed E-state index contributed by atoms with van der Waals surface area (Å²) in [5.41, 5.74) is 2.01. The number of nitrogens with one attached hydrogen (secondary N) is 1. The van der Waals surface area contributed by atoms with Gasteiger partial charge in [-0.05, 0) is 31.2 Å². The van der Waals surface area contributed by atoms with E-state index in [9.17, 15) is 13.2 Å². The molecule has 8 heteroatoms. The standard InChI is InChI=1S/C19H24N2O5S/c1-14-5-7-15(8-6-14)19(22)20-11-12-21(27(4,23)24)16-9-10-17(25-2)18(13-16)26-3/h5-10,13H,11-12H2,1-4H3,(H,20,22). The van der Waals surface area contributed by atoms with E-state index in [2.05, 4.69) is 5.32 Å². The first kappa shape index (κ1) is 20.6. The van der Waals surface area contributed by atoms with Gasteiger partial charge in [0.05, 0.1) is 32.7 Å². The number of hydrogen-bond donors (Lipinski definition) is 1. The quantitative estimate of drug-likeness (QED) is 0.745. The number of ether oxygens (including phenoxy) is 2. The average molecular weight is 392 g/mol. The molecule has 2 aromatic rings. The number of amides is 1. The molecular weight excluding hydrogens is 368 g/mol. The molecule has 0 aliphatic carbocycles. The Labute approximate surface area is 160 Å². The number of anilines is 1. The van der Waals surface area contributed by atoms with Crippen LogP contribution in [0.5, 0.6) is 11.5 Å². The van der Waals surface area contributed by atoms with Gasteiger partial charge in [-0.1, -0.05) is 17.7 Å². The van der Waals surface area contributed by atoms with Gasteiger partial charge in [0.2, 0.25) is 10.0 Å². The minimum Gasteiger partial charge on any atom is -0.493 e. The maximum atomic E-state index is 12.2. The molecule has 0 fully saturated rings. The fourth-order valence-corrected chi connectivity index (χ4v) is 3.46. The van der Waals surface area contributed by atoms with Gasteiger partial charge in [0.1, 0.15) is 0 Å². The van der Waals surface area contributed by atoms with Gasteiger partial charge in [0.15, 0.2) is 11.5 Å². The van der Waals surface area contributed by atoms with Crippen molar-refractivity contribution in [1.29, 1.82) is 0 Å². The third-order valence-electron chi connectivity index (χ3n) is 3.97. The number of hydrogen-bond acceptors (Lipinski definition) is 5. The summed E-state index contributed by atoms with van der Waals surface area (Å²) < 4.78 is 36.0. The fourth-order valence-electron chi connectivity index (χ4n) is 2.54. The average Bonchev–Trinajstić information content (AvgIpc) is 2.64. The maximum Gasteiger partial charge on any atom is 0.251 e. The van der Waals surface area contributed by atoms with Crippen molar-refractivity contribution >= 4 is 21.6 Å². The van der Waals surface area contributed by atoms with Crippen LogP contribution in [0.25, 0.3) is 0 Å². The van der Waals surface area contributed by atoms with E-state index >= 15 is 0 Å². The van der Waals surface area contributed by atoms with Crippen molar-refractivity contribution in [3.05, 3.63) is 53.6 Å². The summed E-state index contributed by atoms with van der Waals surface area (Å²) >= 11 is 0. The number of aryl methyl sites for hydroxylation is 1. The molecule has 0 aliphatic heterocycles. The van der Waals surface area contributed by atoms with Gasteiger partial charge in [-0.25, -0.2) is 8.42 Å². The summed E-state index contributed by atoms with van der Waals surface area (Å²) in [5, 5.41) is 2.74. The highest BCUT2D eigenvalue weighted by atomic mass is 32.2. The van der Waals surface area contributed by atoms with Crippen LogP contribution in [0.15, 0.2) is 42.5 Å². The molecule has 0 heterocycles. The molecule has 0 radical (unpaired) electrons. The first-order chi connectivity index (χ1) is 12.8. The van der Waals surface area contributed by atoms with Crippen molar-refractivity contribution in [3.63, 3.8) is 0 Å². The topological polar surface area (TPSA) is 84.9 Å². The summed E-state index contributed by atoms with van der Waals surface area (Å²) in [6.07, 6.45) is 1.12. The monoisotopic (exact) mass is 392 g/mol. The molecule has 0 aromatic heterocycles. The molecule has 146 valence electrons. The normalized spacial score (nSPS) is 11.0. The number of carbonyl (C=O) groups excluding carboxylic acids is 1. The van der Waals surface area contributed by atoms with Gasteiger partial charge in [0.25, 0.3) is 5.91 Å². The van der Waals surface area contributed by atoms with Gasteiger partial charge in [-0.3, -0.25) is 9.10 Å². The second-order valence-electron chi connectivity index (χ2n) is 6.00. The maximum absolute atomic E-state index is 12.2. The second-order valence-corrected chi connectivity index (χ2v) is 7.90. The predicted molar refractivity (Wildman–Crippen MR) is 105 cm³/mol. The molecule has 0 atom stereocenters. The lowest BCUT2D eigenvalue weighted by Gasteiger charge is -2.23. The zero-order valence-corrected chi connectivity index (χ0v) is 16.7. The van der Waals surface area contributed by atoms with Gasteiger partial charge < -0.3 is 14.8 Å². The zero-order valence-electron chi connectivity index (χ0n) is 15.9. The van der Waals surface area contributed by atoms with Crippen molar-refractivity contribution in [2.75, 3.05) is 37.9 Å². The lowest BCUT2D eigenvalue weighted by molar-refractivity contribution is 0.0955. The molecule has 27 heavy (non-hydrogen) atoms. The highest BCUT2D eigenvalue weighted by Gasteiger charge is 2.19. The first-order valence-electron chi connectivity index (χ1n) is 8.31. The largest absolute Gasteiger partial charge is 0.493 e. The number of benzene rings is 2. The van der Waals surface area contributed by atoms with Crippen molar-refractivity contribution < 1.29 is 22.7 Å². The van der Waals surface area contributed by atoms with Crippen molar-refractivity contribution in [3.8, 4) is 11.5 Å². The number of rotatable bonds is 8. The Morgan fingerprint density at radius 2 is 1.67 bits per heavy atom. The lowest BCUT2D eigenvalue weighted by atomic mass is 10.1. The van der Waals surface area contributed by atoms with E-state index in [0.29, 0.717) is 22.7 Å². The number of sulfonamides is 1. The van der Waals surface area contributed by atoms with Crippen molar-refractivity contribution in [2.45, 2.75) is 6.92 Å². The Kier molecular flexibility index (Phi) is 6.68. The molecule has 0 aliphatic rings. The van der Waals surface area contributed by atoms with Gasteiger partial charge in [-0.15, -0.1) is 0 Å². The SMILES string of the molecule is COc1ccc(N(CCNC(=O)c2ccc(C)cc2)S(C)(=O)=O)cc1OC. The molecule has 7 nitrogen and oxygen atoms in total. The van der Waals surface area contributed by atoms with E-state index in [1.165, 1.54) is 18.5 Å². The number of methoxy groups -OCH3 is 2. The van der Waals surface area contributed by atoms with Gasteiger partial charge in [0, 0.05) is 18.2 Å². The van der Waals surface area contributed by atoms with Crippen LogP contribution in [0.4, 0.5) is 5.69 Å². The van der Waals surface area contributed by atoms with Crippen LogP contribution >= 0.6 is 0 Å². The third kappa shape index (κ3) is 5.37.